The molecule has 124 valence electrons. The topological polar surface area (TPSA) is 62.1 Å². The van der Waals surface area contributed by atoms with E-state index in [2.05, 4.69) is 5.32 Å². The van der Waals surface area contributed by atoms with Crippen molar-refractivity contribution in [3.05, 3.63) is 88.1 Å². The fraction of sp³-hybridized carbons (Fsp3) is 0.100. The number of carbonyl (C=O) groups is 1. The highest BCUT2D eigenvalue weighted by Crippen LogP contribution is 2.25. The van der Waals surface area contributed by atoms with Crippen LogP contribution in [0.15, 0.2) is 72.1 Å². The van der Waals surface area contributed by atoms with Gasteiger partial charge in [-0.25, -0.2) is 0 Å². The van der Waals surface area contributed by atoms with Crippen LogP contribution in [0.5, 0.6) is 5.75 Å². The summed E-state index contributed by atoms with van der Waals surface area (Å²) >= 11 is 1.60. The smallest absolute Gasteiger partial charge is 0.258 e. The molecule has 4 nitrogen and oxygen atoms in total. The van der Waals surface area contributed by atoms with Gasteiger partial charge < -0.3 is 10.1 Å². The van der Waals surface area contributed by atoms with Gasteiger partial charge in [0.05, 0.1) is 17.7 Å². The number of nitrogens with zero attached hydrogens (tertiary/aromatic N) is 1. The van der Waals surface area contributed by atoms with Gasteiger partial charge in [0, 0.05) is 4.88 Å². The molecular weight excluding hydrogens is 332 g/mol. The number of rotatable bonds is 6. The lowest BCUT2D eigenvalue weighted by Gasteiger charge is -2.18. The van der Waals surface area contributed by atoms with E-state index >= 15 is 0 Å². The molecule has 0 unspecified atom stereocenters. The number of hydrogen-bond acceptors (Lipinski definition) is 4. The molecule has 0 aliphatic rings. The maximum atomic E-state index is 12.4. The van der Waals surface area contributed by atoms with Gasteiger partial charge in [-0.1, -0.05) is 42.5 Å². The number of nitrogens with one attached hydrogen (secondary N) is 1. The molecule has 25 heavy (non-hydrogen) atoms. The summed E-state index contributed by atoms with van der Waals surface area (Å²) in [7, 11) is 0. The van der Waals surface area contributed by atoms with E-state index < -0.39 is 0 Å². The fourth-order valence-electron chi connectivity index (χ4n) is 2.43. The minimum absolute atomic E-state index is 0.108. The molecule has 1 heterocycles. The summed E-state index contributed by atoms with van der Waals surface area (Å²) in [6.45, 7) is -0.108. The van der Waals surface area contributed by atoms with Crippen molar-refractivity contribution in [2.24, 2.45) is 0 Å². The third-order valence-corrected chi connectivity index (χ3v) is 4.54. The molecule has 1 amide bonds. The minimum atomic E-state index is -0.218. The average molecular weight is 348 g/mol. The zero-order valence-corrected chi connectivity index (χ0v) is 14.2. The summed E-state index contributed by atoms with van der Waals surface area (Å²) in [5.74, 6) is 0.284. The Kier molecular flexibility index (Phi) is 5.45. The molecule has 1 aromatic heterocycles. The summed E-state index contributed by atoms with van der Waals surface area (Å²) in [5, 5.41) is 13.9. The largest absolute Gasteiger partial charge is 0.484 e. The van der Waals surface area contributed by atoms with Crippen molar-refractivity contribution in [1.29, 1.82) is 5.26 Å². The van der Waals surface area contributed by atoms with E-state index in [1.165, 1.54) is 0 Å². The van der Waals surface area contributed by atoms with Crippen LogP contribution in [0.1, 0.15) is 22.0 Å². The molecule has 0 spiro atoms. The maximum absolute atomic E-state index is 12.4. The summed E-state index contributed by atoms with van der Waals surface area (Å²) in [5.41, 5.74) is 1.52. The van der Waals surface area contributed by atoms with Gasteiger partial charge in [0.2, 0.25) is 0 Å². The number of thiophene rings is 1. The highest BCUT2D eigenvalue weighted by Gasteiger charge is 2.17. The predicted molar refractivity (Wildman–Crippen MR) is 97.4 cm³/mol. The molecule has 0 aliphatic carbocycles. The van der Waals surface area contributed by atoms with Gasteiger partial charge in [-0.3, -0.25) is 4.79 Å². The third-order valence-electron chi connectivity index (χ3n) is 3.60. The Balaban J connectivity index is 1.67. The van der Waals surface area contributed by atoms with Crippen LogP contribution in [0, 0.1) is 11.3 Å². The number of carbonyl (C=O) groups excluding carboxylic acids is 1. The lowest BCUT2D eigenvalue weighted by Crippen LogP contribution is -2.32. The molecule has 0 saturated carbocycles. The van der Waals surface area contributed by atoms with Gasteiger partial charge in [-0.05, 0) is 35.2 Å². The lowest BCUT2D eigenvalue weighted by atomic mass is 10.1. The van der Waals surface area contributed by atoms with Gasteiger partial charge in [0.25, 0.3) is 5.91 Å². The minimum Gasteiger partial charge on any atom is -0.484 e. The van der Waals surface area contributed by atoms with E-state index in [1.807, 2.05) is 53.9 Å². The monoisotopic (exact) mass is 348 g/mol. The molecule has 0 radical (unpaired) electrons. The van der Waals surface area contributed by atoms with Crippen LogP contribution in [0.3, 0.4) is 0 Å². The predicted octanol–water partition coefficient (Wildman–Crippen LogP) is 3.90. The van der Waals surface area contributed by atoms with Gasteiger partial charge in [0.1, 0.15) is 5.75 Å². The van der Waals surface area contributed by atoms with E-state index in [1.54, 1.807) is 35.6 Å². The standard InChI is InChI=1S/C20H16N2O2S/c21-13-15-6-4-9-17(12-15)24-14-19(23)22-20(18-10-5-11-25-18)16-7-2-1-3-8-16/h1-12,20H,14H2,(H,22,23)/t20-/m0/s1. The Morgan fingerprint density at radius 1 is 1.12 bits per heavy atom. The van der Waals surface area contributed by atoms with Crippen molar-refractivity contribution in [2.75, 3.05) is 6.61 Å². The summed E-state index contributed by atoms with van der Waals surface area (Å²) < 4.78 is 5.50. The second-order valence-corrected chi connectivity index (χ2v) is 6.33. The Morgan fingerprint density at radius 2 is 1.96 bits per heavy atom. The zero-order valence-electron chi connectivity index (χ0n) is 13.4. The van der Waals surface area contributed by atoms with E-state index in [4.69, 9.17) is 10.00 Å². The van der Waals surface area contributed by atoms with Crippen molar-refractivity contribution < 1.29 is 9.53 Å². The summed E-state index contributed by atoms with van der Waals surface area (Å²) in [6, 6.07) is 22.4. The molecule has 0 aliphatic heterocycles. The van der Waals surface area contributed by atoms with Crippen LogP contribution < -0.4 is 10.1 Å². The number of hydrogen-bond donors (Lipinski definition) is 1. The molecule has 5 heteroatoms. The van der Waals surface area contributed by atoms with E-state index in [0.717, 1.165) is 10.4 Å². The van der Waals surface area contributed by atoms with E-state index in [0.29, 0.717) is 11.3 Å². The lowest BCUT2D eigenvalue weighted by molar-refractivity contribution is -0.123. The van der Waals surface area contributed by atoms with Gasteiger partial charge in [-0.15, -0.1) is 11.3 Å². The van der Waals surface area contributed by atoms with Crippen LogP contribution in [0.2, 0.25) is 0 Å². The van der Waals surface area contributed by atoms with Crippen LogP contribution in [-0.2, 0) is 4.79 Å². The Labute approximate surface area is 150 Å². The van der Waals surface area contributed by atoms with Gasteiger partial charge >= 0.3 is 0 Å². The highest BCUT2D eigenvalue weighted by molar-refractivity contribution is 7.10. The molecule has 3 rings (SSSR count). The Morgan fingerprint density at radius 3 is 2.68 bits per heavy atom. The third kappa shape index (κ3) is 4.46. The van der Waals surface area contributed by atoms with E-state index in [9.17, 15) is 4.79 Å². The van der Waals surface area contributed by atoms with Crippen LogP contribution in [0.4, 0.5) is 0 Å². The second-order valence-electron chi connectivity index (χ2n) is 5.35. The SMILES string of the molecule is N#Cc1cccc(OCC(=O)N[C@@H](c2ccccc2)c2cccs2)c1. The van der Waals surface area contributed by atoms with Crippen molar-refractivity contribution in [3.63, 3.8) is 0 Å². The second kappa shape index (κ2) is 8.13. The van der Waals surface area contributed by atoms with Crippen molar-refractivity contribution in [2.45, 2.75) is 6.04 Å². The molecule has 0 fully saturated rings. The van der Waals surface area contributed by atoms with Crippen molar-refractivity contribution in [1.82, 2.24) is 5.32 Å². The molecule has 2 aromatic carbocycles. The first kappa shape index (κ1) is 16.7. The summed E-state index contributed by atoms with van der Waals surface area (Å²) in [6.07, 6.45) is 0. The average Bonchev–Trinajstić information content (AvgIpc) is 3.20. The van der Waals surface area contributed by atoms with Crippen LogP contribution >= 0.6 is 11.3 Å². The van der Waals surface area contributed by atoms with Gasteiger partial charge in [-0.2, -0.15) is 5.26 Å². The molecule has 3 aromatic rings. The first-order valence-electron chi connectivity index (χ1n) is 7.77. The van der Waals surface area contributed by atoms with Crippen LogP contribution in [-0.4, -0.2) is 12.5 Å². The Bertz CT molecular complexity index is 870. The number of benzene rings is 2. The quantitative estimate of drug-likeness (QED) is 0.735. The molecule has 1 N–H and O–H groups in total. The van der Waals surface area contributed by atoms with Crippen LogP contribution in [0.25, 0.3) is 0 Å². The molecule has 0 saturated heterocycles. The fourth-order valence-corrected chi connectivity index (χ4v) is 3.23. The molecule has 0 bridgehead atoms. The maximum Gasteiger partial charge on any atom is 0.258 e. The molecule has 1 atom stereocenters. The first-order chi connectivity index (χ1) is 12.3. The van der Waals surface area contributed by atoms with E-state index in [-0.39, 0.29) is 18.6 Å². The first-order valence-corrected chi connectivity index (χ1v) is 8.65. The number of amides is 1. The highest BCUT2D eigenvalue weighted by atomic mass is 32.1. The Hall–Kier alpha value is -3.10. The number of ether oxygens (including phenoxy) is 1. The summed E-state index contributed by atoms with van der Waals surface area (Å²) in [4.78, 5) is 13.4. The van der Waals surface area contributed by atoms with Crippen molar-refractivity contribution >= 4 is 17.2 Å². The van der Waals surface area contributed by atoms with Crippen molar-refractivity contribution in [3.8, 4) is 11.8 Å². The molecular formula is C20H16N2O2S. The van der Waals surface area contributed by atoms with Gasteiger partial charge in [0.15, 0.2) is 6.61 Å². The number of nitriles is 1. The zero-order chi connectivity index (χ0) is 17.5. The normalized spacial score (nSPS) is 11.3.